The zero-order valence-corrected chi connectivity index (χ0v) is 16.6. The molecule has 2 aromatic heterocycles. The van der Waals surface area contributed by atoms with Crippen molar-refractivity contribution in [1.82, 2.24) is 14.3 Å². The minimum Gasteiger partial charge on any atom is -0.368 e. The van der Waals surface area contributed by atoms with Crippen LogP contribution in [0.5, 0.6) is 0 Å². The molecule has 3 aromatic rings. The Hall–Kier alpha value is -3.22. The number of nitrogens with zero attached hydrogens (tertiary/aromatic N) is 4. The molecule has 1 aliphatic heterocycles. The van der Waals surface area contributed by atoms with Crippen LogP contribution in [0.3, 0.4) is 0 Å². The molecular weight excluding hydrogens is 390 g/mol. The van der Waals surface area contributed by atoms with Gasteiger partial charge in [-0.3, -0.25) is 4.79 Å². The third-order valence-corrected chi connectivity index (χ3v) is 7.07. The van der Waals surface area contributed by atoms with E-state index in [1.54, 1.807) is 36.5 Å². The maximum absolute atomic E-state index is 13.1. The SMILES string of the molecule is CC(=O)c1ccc(C#N)c(N2CCN(S(=O)(=O)c3c[nH]c4ncccc34)CC2)c1. The second kappa shape index (κ2) is 7.31. The summed E-state index contributed by atoms with van der Waals surface area (Å²) >= 11 is 0. The Bertz CT molecular complexity index is 1230. The summed E-state index contributed by atoms with van der Waals surface area (Å²) in [6.45, 7) is 2.90. The molecule has 0 bridgehead atoms. The third kappa shape index (κ3) is 3.37. The molecule has 0 amide bonds. The second-order valence-corrected chi connectivity index (χ2v) is 8.75. The Morgan fingerprint density at radius 1 is 1.21 bits per heavy atom. The number of hydrogen-bond acceptors (Lipinski definition) is 6. The van der Waals surface area contributed by atoms with Crippen LogP contribution < -0.4 is 4.90 Å². The predicted molar refractivity (Wildman–Crippen MR) is 108 cm³/mol. The summed E-state index contributed by atoms with van der Waals surface area (Å²) in [6.07, 6.45) is 3.08. The smallest absolute Gasteiger partial charge is 0.245 e. The topological polar surface area (TPSA) is 110 Å². The number of pyridine rings is 1. The van der Waals surface area contributed by atoms with Gasteiger partial charge in [0.25, 0.3) is 0 Å². The van der Waals surface area contributed by atoms with Crippen molar-refractivity contribution in [2.24, 2.45) is 0 Å². The maximum atomic E-state index is 13.1. The van der Waals surface area contributed by atoms with Crippen LogP contribution in [-0.2, 0) is 10.0 Å². The van der Waals surface area contributed by atoms with Gasteiger partial charge in [0.2, 0.25) is 10.0 Å². The van der Waals surface area contributed by atoms with Crippen molar-refractivity contribution in [1.29, 1.82) is 5.26 Å². The highest BCUT2D eigenvalue weighted by Gasteiger charge is 2.31. The highest BCUT2D eigenvalue weighted by atomic mass is 32.2. The number of aromatic nitrogens is 2. The van der Waals surface area contributed by atoms with Crippen LogP contribution >= 0.6 is 0 Å². The number of H-pyrrole nitrogens is 1. The van der Waals surface area contributed by atoms with Crippen LogP contribution in [-0.4, -0.2) is 54.7 Å². The number of hydrogen-bond donors (Lipinski definition) is 1. The molecule has 1 saturated heterocycles. The van der Waals surface area contributed by atoms with Crippen molar-refractivity contribution in [3.63, 3.8) is 0 Å². The first-order valence-electron chi connectivity index (χ1n) is 9.14. The third-order valence-electron chi connectivity index (χ3n) is 5.14. The Morgan fingerprint density at radius 3 is 2.66 bits per heavy atom. The van der Waals surface area contributed by atoms with E-state index >= 15 is 0 Å². The van der Waals surface area contributed by atoms with Crippen LogP contribution in [0.25, 0.3) is 11.0 Å². The molecule has 1 fully saturated rings. The molecule has 0 spiro atoms. The Morgan fingerprint density at radius 2 is 1.97 bits per heavy atom. The van der Waals surface area contributed by atoms with Gasteiger partial charge in [-0.25, -0.2) is 13.4 Å². The number of sulfonamides is 1. The average molecular weight is 409 g/mol. The van der Waals surface area contributed by atoms with E-state index in [0.717, 1.165) is 0 Å². The molecule has 0 radical (unpaired) electrons. The van der Waals surface area contributed by atoms with Gasteiger partial charge in [0, 0.05) is 49.5 Å². The van der Waals surface area contributed by atoms with Gasteiger partial charge >= 0.3 is 0 Å². The van der Waals surface area contributed by atoms with Crippen molar-refractivity contribution >= 4 is 32.5 Å². The van der Waals surface area contributed by atoms with Crippen molar-refractivity contribution < 1.29 is 13.2 Å². The monoisotopic (exact) mass is 409 g/mol. The zero-order valence-electron chi connectivity index (χ0n) is 15.8. The van der Waals surface area contributed by atoms with Crippen molar-refractivity contribution in [3.05, 3.63) is 53.9 Å². The largest absolute Gasteiger partial charge is 0.368 e. The van der Waals surface area contributed by atoms with Gasteiger partial charge in [-0.05, 0) is 37.3 Å². The van der Waals surface area contributed by atoms with Gasteiger partial charge in [0.1, 0.15) is 16.6 Å². The first-order valence-corrected chi connectivity index (χ1v) is 10.6. The van der Waals surface area contributed by atoms with Gasteiger partial charge in [-0.1, -0.05) is 0 Å². The first kappa shape index (κ1) is 19.1. The highest BCUT2D eigenvalue weighted by Crippen LogP contribution is 2.28. The van der Waals surface area contributed by atoms with Crippen molar-refractivity contribution in [2.75, 3.05) is 31.1 Å². The maximum Gasteiger partial charge on any atom is 0.245 e. The normalized spacial score (nSPS) is 15.4. The lowest BCUT2D eigenvalue weighted by atomic mass is 10.1. The van der Waals surface area contributed by atoms with Crippen LogP contribution in [0.1, 0.15) is 22.8 Å². The molecule has 8 nitrogen and oxygen atoms in total. The number of carbonyl (C=O) groups is 1. The van der Waals surface area contributed by atoms with Crippen LogP contribution in [0.2, 0.25) is 0 Å². The first-order chi connectivity index (χ1) is 13.9. The quantitative estimate of drug-likeness (QED) is 0.661. The number of carbonyl (C=O) groups excluding carboxylic acids is 1. The molecule has 3 heterocycles. The van der Waals surface area contributed by atoms with Gasteiger partial charge in [0.05, 0.1) is 11.3 Å². The summed E-state index contributed by atoms with van der Waals surface area (Å²) in [4.78, 5) is 20.9. The number of anilines is 1. The van der Waals surface area contributed by atoms with E-state index in [2.05, 4.69) is 16.0 Å². The summed E-state index contributed by atoms with van der Waals surface area (Å²) in [5.74, 6) is -0.0788. The lowest BCUT2D eigenvalue weighted by Gasteiger charge is -2.35. The lowest BCUT2D eigenvalue weighted by molar-refractivity contribution is 0.101. The highest BCUT2D eigenvalue weighted by molar-refractivity contribution is 7.89. The number of nitrogens with one attached hydrogen (secondary N) is 1. The number of ketones is 1. The summed E-state index contributed by atoms with van der Waals surface area (Å²) < 4.78 is 27.7. The van der Waals surface area contributed by atoms with E-state index < -0.39 is 10.0 Å². The Labute approximate surface area is 168 Å². The van der Waals surface area contributed by atoms with Gasteiger partial charge < -0.3 is 9.88 Å². The minimum atomic E-state index is -3.67. The molecule has 0 unspecified atom stereocenters. The summed E-state index contributed by atoms with van der Waals surface area (Å²) in [5.41, 5.74) is 2.19. The van der Waals surface area contributed by atoms with Crippen LogP contribution in [0.15, 0.2) is 47.6 Å². The Kier molecular flexibility index (Phi) is 4.82. The number of fused-ring (bicyclic) bond motifs is 1. The minimum absolute atomic E-state index is 0.0788. The molecule has 0 saturated carbocycles. The standard InChI is InChI=1S/C20H19N5O3S/c1-14(26)15-4-5-16(12-21)18(11-15)24-7-9-25(10-8-24)29(27,28)19-13-23-20-17(19)3-2-6-22-20/h2-6,11,13H,7-10H2,1H3,(H,22,23). The molecule has 0 atom stereocenters. The summed E-state index contributed by atoms with van der Waals surface area (Å²) in [7, 11) is -3.67. The predicted octanol–water partition coefficient (Wildman–Crippen LogP) is 2.15. The number of nitriles is 1. The van der Waals surface area contributed by atoms with Crippen molar-refractivity contribution in [3.8, 4) is 6.07 Å². The summed E-state index contributed by atoms with van der Waals surface area (Å²) in [5, 5.41) is 9.97. The van der Waals surface area contributed by atoms with Gasteiger partial charge in [-0.2, -0.15) is 9.57 Å². The Balaban J connectivity index is 1.58. The van der Waals surface area contributed by atoms with E-state index in [1.165, 1.54) is 17.4 Å². The van der Waals surface area contributed by atoms with Crippen LogP contribution in [0, 0.1) is 11.3 Å². The molecule has 9 heteroatoms. The van der Waals surface area contributed by atoms with E-state index in [-0.39, 0.29) is 23.8 Å². The molecule has 148 valence electrons. The van der Waals surface area contributed by atoms with Crippen molar-refractivity contribution in [2.45, 2.75) is 11.8 Å². The fourth-order valence-corrected chi connectivity index (χ4v) is 5.13. The molecule has 1 N–H and O–H groups in total. The molecular formula is C20H19N5O3S. The summed E-state index contributed by atoms with van der Waals surface area (Å²) in [6, 6.07) is 10.6. The molecule has 1 aromatic carbocycles. The van der Waals surface area contributed by atoms with Gasteiger partial charge in [0.15, 0.2) is 5.78 Å². The number of Topliss-reactive ketones (excluding diaryl/α,β-unsaturated/α-hetero) is 1. The lowest BCUT2D eigenvalue weighted by Crippen LogP contribution is -2.48. The number of aromatic amines is 1. The van der Waals surface area contributed by atoms with E-state index in [9.17, 15) is 18.5 Å². The number of benzene rings is 1. The molecule has 29 heavy (non-hydrogen) atoms. The fraction of sp³-hybridized carbons (Fsp3) is 0.250. The second-order valence-electron chi connectivity index (χ2n) is 6.84. The average Bonchev–Trinajstić information content (AvgIpc) is 3.18. The molecule has 1 aliphatic rings. The van der Waals surface area contributed by atoms with E-state index in [1.807, 2.05) is 4.90 Å². The van der Waals surface area contributed by atoms with Gasteiger partial charge in [-0.15, -0.1) is 0 Å². The van der Waals surface area contributed by atoms with E-state index in [0.29, 0.717) is 40.9 Å². The van der Waals surface area contributed by atoms with Crippen LogP contribution in [0.4, 0.5) is 5.69 Å². The zero-order chi connectivity index (χ0) is 20.6. The molecule has 4 rings (SSSR count). The number of rotatable bonds is 4. The van der Waals surface area contributed by atoms with E-state index in [4.69, 9.17) is 0 Å². The fourth-order valence-electron chi connectivity index (χ4n) is 3.56. The molecule has 0 aliphatic carbocycles. The number of piperazine rings is 1.